The Morgan fingerprint density at radius 2 is 1.75 bits per heavy atom. The molecule has 0 aliphatic carbocycles. The standard InChI is InChI=1S/C21H34N2O5/c1-9-28-12-10-11-23(20(25)13(2)3)16(6)19(24)17-14(4)18(21(26)27-8)22(7)15(17)5/h13,16H,9-12H2,1-8H3. The van der Waals surface area contributed by atoms with Crippen LogP contribution < -0.4 is 0 Å². The summed E-state index contributed by atoms with van der Waals surface area (Å²) in [6.45, 7) is 12.4. The summed E-state index contributed by atoms with van der Waals surface area (Å²) >= 11 is 0. The molecule has 28 heavy (non-hydrogen) atoms. The summed E-state index contributed by atoms with van der Waals surface area (Å²) in [5.41, 5.74) is 2.09. The van der Waals surface area contributed by atoms with Crippen molar-refractivity contribution in [1.82, 2.24) is 9.47 Å². The minimum absolute atomic E-state index is 0.0724. The maximum absolute atomic E-state index is 13.3. The molecule has 0 aromatic carbocycles. The van der Waals surface area contributed by atoms with E-state index >= 15 is 0 Å². The Hall–Kier alpha value is -2.15. The van der Waals surface area contributed by atoms with Crippen LogP contribution in [0.1, 0.15) is 66.2 Å². The summed E-state index contributed by atoms with van der Waals surface area (Å²) in [7, 11) is 3.05. The summed E-state index contributed by atoms with van der Waals surface area (Å²) in [5.74, 6) is -0.949. The van der Waals surface area contributed by atoms with Crippen molar-refractivity contribution in [2.24, 2.45) is 13.0 Å². The van der Waals surface area contributed by atoms with Crippen LogP contribution in [-0.2, 0) is 21.3 Å². The highest BCUT2D eigenvalue weighted by Crippen LogP contribution is 2.25. The van der Waals surface area contributed by atoms with Gasteiger partial charge in [-0.25, -0.2) is 4.79 Å². The molecule has 0 spiro atoms. The number of hydrogen-bond donors (Lipinski definition) is 0. The van der Waals surface area contributed by atoms with Crippen molar-refractivity contribution in [2.75, 3.05) is 26.9 Å². The maximum Gasteiger partial charge on any atom is 0.354 e. The van der Waals surface area contributed by atoms with E-state index in [0.717, 1.165) is 0 Å². The van der Waals surface area contributed by atoms with E-state index in [2.05, 4.69) is 0 Å². The van der Waals surface area contributed by atoms with Gasteiger partial charge >= 0.3 is 5.97 Å². The maximum atomic E-state index is 13.3. The number of ketones is 1. The minimum Gasteiger partial charge on any atom is -0.464 e. The van der Waals surface area contributed by atoms with Crippen LogP contribution in [0, 0.1) is 19.8 Å². The molecule has 1 amide bonds. The molecule has 0 radical (unpaired) electrons. The summed E-state index contributed by atoms with van der Waals surface area (Å²) < 4.78 is 11.9. The molecule has 0 aliphatic heterocycles. The first-order chi connectivity index (χ1) is 13.1. The van der Waals surface area contributed by atoms with E-state index in [0.29, 0.717) is 48.7 Å². The summed E-state index contributed by atoms with van der Waals surface area (Å²) in [4.78, 5) is 39.8. The third kappa shape index (κ3) is 5.01. The number of carbonyl (C=O) groups excluding carboxylic acids is 3. The molecule has 1 aromatic rings. The first kappa shape index (κ1) is 23.9. The number of carbonyl (C=O) groups is 3. The number of esters is 1. The Morgan fingerprint density at radius 1 is 1.14 bits per heavy atom. The third-order valence-electron chi connectivity index (χ3n) is 5.07. The van der Waals surface area contributed by atoms with Crippen LogP contribution in [0.15, 0.2) is 0 Å². The molecule has 0 saturated heterocycles. The quantitative estimate of drug-likeness (QED) is 0.346. The van der Waals surface area contributed by atoms with Crippen molar-refractivity contribution in [3.8, 4) is 0 Å². The molecule has 1 atom stereocenters. The normalized spacial score (nSPS) is 12.2. The topological polar surface area (TPSA) is 77.8 Å². The van der Waals surface area contributed by atoms with Gasteiger partial charge in [0.2, 0.25) is 5.91 Å². The Morgan fingerprint density at radius 3 is 2.25 bits per heavy atom. The van der Waals surface area contributed by atoms with Gasteiger partial charge in [0, 0.05) is 44.0 Å². The lowest BCUT2D eigenvalue weighted by Crippen LogP contribution is -2.46. The van der Waals surface area contributed by atoms with Crippen LogP contribution in [0.3, 0.4) is 0 Å². The molecular weight excluding hydrogens is 360 g/mol. The molecule has 7 nitrogen and oxygen atoms in total. The second kappa shape index (κ2) is 10.4. The molecule has 7 heteroatoms. The van der Waals surface area contributed by atoms with Crippen molar-refractivity contribution in [1.29, 1.82) is 0 Å². The molecule has 0 N–H and O–H groups in total. The molecule has 158 valence electrons. The van der Waals surface area contributed by atoms with Crippen molar-refractivity contribution in [3.05, 3.63) is 22.5 Å². The van der Waals surface area contributed by atoms with Gasteiger partial charge in [-0.1, -0.05) is 13.8 Å². The fraction of sp³-hybridized carbons (Fsp3) is 0.667. The molecular formula is C21H34N2O5. The van der Waals surface area contributed by atoms with Crippen molar-refractivity contribution < 1.29 is 23.9 Å². The lowest BCUT2D eigenvalue weighted by molar-refractivity contribution is -0.135. The molecule has 1 unspecified atom stereocenters. The van der Waals surface area contributed by atoms with E-state index in [4.69, 9.17) is 9.47 Å². The van der Waals surface area contributed by atoms with Gasteiger partial charge < -0.3 is 18.9 Å². The van der Waals surface area contributed by atoms with Crippen LogP contribution in [0.5, 0.6) is 0 Å². The van der Waals surface area contributed by atoms with Crippen LogP contribution in [0.25, 0.3) is 0 Å². The molecule has 0 aliphatic rings. The van der Waals surface area contributed by atoms with Crippen LogP contribution in [0.2, 0.25) is 0 Å². The Bertz CT molecular complexity index is 721. The van der Waals surface area contributed by atoms with Crippen LogP contribution >= 0.6 is 0 Å². The molecule has 1 aromatic heterocycles. The highest BCUT2D eigenvalue weighted by Gasteiger charge is 2.32. The van der Waals surface area contributed by atoms with Crippen LogP contribution in [-0.4, -0.2) is 60.0 Å². The number of nitrogens with zero attached hydrogens (tertiary/aromatic N) is 2. The van der Waals surface area contributed by atoms with Crippen molar-refractivity contribution >= 4 is 17.7 Å². The lowest BCUT2D eigenvalue weighted by Gasteiger charge is -2.30. The minimum atomic E-state index is -0.637. The largest absolute Gasteiger partial charge is 0.464 e. The second-order valence-electron chi connectivity index (χ2n) is 7.26. The molecule has 0 fully saturated rings. The SMILES string of the molecule is CCOCCCN(C(=O)C(C)C)C(C)C(=O)c1c(C)c(C(=O)OC)n(C)c1C. The smallest absolute Gasteiger partial charge is 0.354 e. The predicted octanol–water partition coefficient (Wildman–Crippen LogP) is 2.91. The van der Waals surface area contributed by atoms with Crippen LogP contribution in [0.4, 0.5) is 0 Å². The fourth-order valence-corrected chi connectivity index (χ4v) is 3.38. The van der Waals surface area contributed by atoms with E-state index < -0.39 is 12.0 Å². The predicted molar refractivity (Wildman–Crippen MR) is 108 cm³/mol. The van der Waals surface area contributed by atoms with Crippen molar-refractivity contribution in [2.45, 2.75) is 54.0 Å². The highest BCUT2D eigenvalue weighted by molar-refractivity contribution is 6.06. The highest BCUT2D eigenvalue weighted by atomic mass is 16.5. The second-order valence-corrected chi connectivity index (χ2v) is 7.26. The van der Waals surface area contributed by atoms with Gasteiger partial charge in [0.15, 0.2) is 5.78 Å². The monoisotopic (exact) mass is 394 g/mol. The number of aromatic nitrogens is 1. The zero-order chi connectivity index (χ0) is 21.6. The first-order valence-corrected chi connectivity index (χ1v) is 9.76. The van der Waals surface area contributed by atoms with Gasteiger partial charge in [-0.3, -0.25) is 9.59 Å². The number of Topliss-reactive ketones (excluding diaryl/α,β-unsaturated/α-hetero) is 1. The van der Waals surface area contributed by atoms with Gasteiger partial charge in [0.25, 0.3) is 0 Å². The van der Waals surface area contributed by atoms with E-state index in [-0.39, 0.29) is 17.6 Å². The summed E-state index contributed by atoms with van der Waals surface area (Å²) in [6, 6.07) is -0.637. The number of ether oxygens (including phenoxy) is 2. The first-order valence-electron chi connectivity index (χ1n) is 9.76. The number of methoxy groups -OCH3 is 1. The van der Waals surface area contributed by atoms with Gasteiger partial charge in [-0.05, 0) is 39.7 Å². The molecule has 1 heterocycles. The average molecular weight is 395 g/mol. The van der Waals surface area contributed by atoms with E-state index in [1.165, 1.54) is 7.11 Å². The zero-order valence-electron chi connectivity index (χ0n) is 18.4. The van der Waals surface area contributed by atoms with Gasteiger partial charge in [-0.15, -0.1) is 0 Å². The fourth-order valence-electron chi connectivity index (χ4n) is 3.38. The Kier molecular flexibility index (Phi) is 8.88. The zero-order valence-corrected chi connectivity index (χ0v) is 18.4. The van der Waals surface area contributed by atoms with E-state index in [1.54, 1.807) is 37.3 Å². The van der Waals surface area contributed by atoms with Gasteiger partial charge in [-0.2, -0.15) is 0 Å². The molecule has 1 rings (SSSR count). The van der Waals surface area contributed by atoms with E-state index in [9.17, 15) is 14.4 Å². The molecule has 0 saturated carbocycles. The number of amides is 1. The third-order valence-corrected chi connectivity index (χ3v) is 5.07. The van der Waals surface area contributed by atoms with E-state index in [1.807, 2.05) is 20.8 Å². The summed E-state index contributed by atoms with van der Waals surface area (Å²) in [5, 5.41) is 0. The average Bonchev–Trinajstić information content (AvgIpc) is 2.88. The Labute approximate surface area is 168 Å². The number of rotatable bonds is 10. The number of hydrogen-bond acceptors (Lipinski definition) is 5. The van der Waals surface area contributed by atoms with Crippen molar-refractivity contribution in [3.63, 3.8) is 0 Å². The summed E-state index contributed by atoms with van der Waals surface area (Å²) in [6.07, 6.45) is 0.657. The van der Waals surface area contributed by atoms with Gasteiger partial charge in [0.05, 0.1) is 13.2 Å². The molecule has 0 bridgehead atoms. The van der Waals surface area contributed by atoms with Gasteiger partial charge in [0.1, 0.15) is 5.69 Å². The lowest BCUT2D eigenvalue weighted by atomic mass is 9.98. The Balaban J connectivity index is 3.22.